The number of rotatable bonds is 4. The van der Waals surface area contributed by atoms with E-state index in [2.05, 4.69) is 0 Å². The quantitative estimate of drug-likeness (QED) is 0.739. The molecule has 1 amide bonds. The number of aromatic hydroxyl groups is 1. The van der Waals surface area contributed by atoms with E-state index in [1.807, 2.05) is 0 Å². The fourth-order valence-corrected chi connectivity index (χ4v) is 2.88. The van der Waals surface area contributed by atoms with Gasteiger partial charge < -0.3 is 15.1 Å². The van der Waals surface area contributed by atoms with Crippen molar-refractivity contribution in [1.82, 2.24) is 4.90 Å². The first kappa shape index (κ1) is 16.1. The third-order valence-electron chi connectivity index (χ3n) is 4.12. The van der Waals surface area contributed by atoms with Crippen LogP contribution in [0.4, 0.5) is 5.69 Å². The Morgan fingerprint density at radius 2 is 2.00 bits per heavy atom. The van der Waals surface area contributed by atoms with Crippen LogP contribution < -0.4 is 10.3 Å². The van der Waals surface area contributed by atoms with E-state index in [4.69, 9.17) is 10.4 Å². The molecule has 0 saturated carbocycles. The predicted molar refractivity (Wildman–Crippen MR) is 83.7 cm³/mol. The molecule has 1 aliphatic rings. The van der Waals surface area contributed by atoms with Crippen LogP contribution in [0.2, 0.25) is 0 Å². The average Bonchev–Trinajstić information content (AvgIpc) is 2.95. The largest absolute Gasteiger partial charge is 0.872 e. The van der Waals surface area contributed by atoms with Gasteiger partial charge in [-0.3, -0.25) is 15.2 Å². The molecular formula is C17H17N2O5-. The van der Waals surface area contributed by atoms with E-state index in [1.165, 1.54) is 24.3 Å². The first-order valence-corrected chi connectivity index (χ1v) is 7.55. The molecule has 2 aromatic carbocycles. The minimum atomic E-state index is -0.380. The Balaban J connectivity index is 2.00. The first-order chi connectivity index (χ1) is 11.5. The van der Waals surface area contributed by atoms with Crippen molar-refractivity contribution in [2.24, 2.45) is 0 Å². The van der Waals surface area contributed by atoms with Crippen molar-refractivity contribution in [2.75, 3.05) is 11.8 Å². The van der Waals surface area contributed by atoms with E-state index < -0.39 is 0 Å². The van der Waals surface area contributed by atoms with Crippen molar-refractivity contribution >= 4 is 11.6 Å². The van der Waals surface area contributed by atoms with E-state index in [-0.39, 0.29) is 40.4 Å². The van der Waals surface area contributed by atoms with Gasteiger partial charge >= 0.3 is 0 Å². The molecule has 0 aliphatic carbocycles. The van der Waals surface area contributed by atoms with Crippen LogP contribution in [0.15, 0.2) is 36.4 Å². The molecular weight excluding hydrogens is 312 g/mol. The minimum Gasteiger partial charge on any atom is -0.872 e. The summed E-state index contributed by atoms with van der Waals surface area (Å²) in [5.74, 6) is -0.562. The summed E-state index contributed by atoms with van der Waals surface area (Å²) in [5, 5.41) is 41.0. The maximum atomic E-state index is 12.7. The molecule has 1 heterocycles. The van der Waals surface area contributed by atoms with Crippen LogP contribution in [0.3, 0.4) is 0 Å². The van der Waals surface area contributed by atoms with Gasteiger partial charge in [-0.1, -0.05) is 23.9 Å². The van der Waals surface area contributed by atoms with Crippen molar-refractivity contribution in [1.29, 1.82) is 0 Å². The van der Waals surface area contributed by atoms with E-state index in [0.717, 1.165) is 6.42 Å². The number of carbonyl (C=O) groups excluding carboxylic acids is 1. The van der Waals surface area contributed by atoms with Crippen LogP contribution in [-0.2, 0) is 11.3 Å². The van der Waals surface area contributed by atoms with E-state index in [9.17, 15) is 15.0 Å². The lowest BCUT2D eigenvalue weighted by Crippen LogP contribution is -2.24. The second-order valence-corrected chi connectivity index (χ2v) is 5.71. The molecule has 0 atom stereocenters. The van der Waals surface area contributed by atoms with Gasteiger partial charge in [-0.05, 0) is 35.7 Å². The highest BCUT2D eigenvalue weighted by atomic mass is 16.8. The molecule has 1 fully saturated rings. The lowest BCUT2D eigenvalue weighted by Gasteiger charge is -2.24. The van der Waals surface area contributed by atoms with Crippen LogP contribution in [0.1, 0.15) is 18.4 Å². The Hall–Kier alpha value is -2.77. The molecule has 0 radical (unpaired) electrons. The smallest absolute Gasteiger partial charge is 0.222 e. The van der Waals surface area contributed by atoms with Gasteiger partial charge in [0.25, 0.3) is 0 Å². The molecule has 0 bridgehead atoms. The Kier molecular flexibility index (Phi) is 4.28. The number of hydrogen-bond acceptors (Lipinski definition) is 6. The minimum absolute atomic E-state index is 0.0159. The van der Waals surface area contributed by atoms with Crippen LogP contribution in [0, 0.1) is 0 Å². The van der Waals surface area contributed by atoms with Gasteiger partial charge in [0.1, 0.15) is 5.75 Å². The monoisotopic (exact) mass is 329 g/mol. The summed E-state index contributed by atoms with van der Waals surface area (Å²) >= 11 is 0. The average molecular weight is 329 g/mol. The van der Waals surface area contributed by atoms with Gasteiger partial charge in [0.2, 0.25) is 5.91 Å². The molecule has 24 heavy (non-hydrogen) atoms. The molecule has 7 nitrogen and oxygen atoms in total. The number of nitrogens with zero attached hydrogens (tertiary/aromatic N) is 2. The molecule has 1 aliphatic heterocycles. The molecule has 2 aromatic rings. The van der Waals surface area contributed by atoms with Crippen LogP contribution in [-0.4, -0.2) is 32.9 Å². The number of carbonyl (C=O) groups is 1. The SMILES string of the molecule is O=C1CCCN1Cc1ccc(O)c(-c2cccc(N(O)O)c2)c1[O-]. The number of anilines is 1. The lowest BCUT2D eigenvalue weighted by molar-refractivity contribution is -0.268. The second-order valence-electron chi connectivity index (χ2n) is 5.71. The molecule has 0 spiro atoms. The highest BCUT2D eigenvalue weighted by Gasteiger charge is 2.21. The first-order valence-electron chi connectivity index (χ1n) is 7.55. The molecule has 7 heteroatoms. The number of phenolic OH excluding ortho intramolecular Hbond substituents is 1. The van der Waals surface area contributed by atoms with Crippen LogP contribution in [0.5, 0.6) is 11.5 Å². The third-order valence-corrected chi connectivity index (χ3v) is 4.12. The Bertz CT molecular complexity index is 776. The Morgan fingerprint density at radius 1 is 1.21 bits per heavy atom. The van der Waals surface area contributed by atoms with Crippen molar-refractivity contribution in [3.05, 3.63) is 42.0 Å². The van der Waals surface area contributed by atoms with Gasteiger partial charge in [0, 0.05) is 25.1 Å². The maximum absolute atomic E-state index is 12.7. The van der Waals surface area contributed by atoms with Crippen molar-refractivity contribution in [3.8, 4) is 22.6 Å². The standard InChI is InChI=1S/C17H18N2O5/c20-14-7-6-12(10-18-8-2-5-15(18)21)17(22)16(14)11-3-1-4-13(9-11)19(23)24/h1,3-4,6-7,9,20,22-24H,2,5,8,10H2/p-1. The highest BCUT2D eigenvalue weighted by Crippen LogP contribution is 2.39. The predicted octanol–water partition coefficient (Wildman–Crippen LogP) is 1.84. The Morgan fingerprint density at radius 3 is 2.67 bits per heavy atom. The van der Waals surface area contributed by atoms with Gasteiger partial charge in [-0.2, -0.15) is 0 Å². The number of benzene rings is 2. The van der Waals surface area contributed by atoms with Crippen LogP contribution >= 0.6 is 0 Å². The third kappa shape index (κ3) is 2.99. The normalized spacial score (nSPS) is 14.2. The van der Waals surface area contributed by atoms with Gasteiger partial charge in [-0.15, -0.1) is 5.23 Å². The Labute approximate surface area is 138 Å². The fourth-order valence-electron chi connectivity index (χ4n) is 2.88. The zero-order valence-electron chi connectivity index (χ0n) is 12.8. The fraction of sp³-hybridized carbons (Fsp3) is 0.235. The van der Waals surface area contributed by atoms with E-state index in [0.29, 0.717) is 24.1 Å². The van der Waals surface area contributed by atoms with Gasteiger partial charge in [0.05, 0.1) is 5.69 Å². The second kappa shape index (κ2) is 6.38. The molecule has 126 valence electrons. The number of likely N-dealkylation sites (tertiary alicyclic amines) is 1. The van der Waals surface area contributed by atoms with Gasteiger partial charge in [0.15, 0.2) is 0 Å². The van der Waals surface area contributed by atoms with Crippen molar-refractivity contribution < 1.29 is 25.4 Å². The van der Waals surface area contributed by atoms with Crippen molar-refractivity contribution in [3.63, 3.8) is 0 Å². The maximum Gasteiger partial charge on any atom is 0.222 e. The topological polar surface area (TPSA) is 107 Å². The number of phenols is 1. The summed E-state index contributed by atoms with van der Waals surface area (Å²) < 4.78 is 0. The molecule has 1 saturated heterocycles. The summed E-state index contributed by atoms with van der Waals surface area (Å²) in [5.41, 5.74) is 0.903. The summed E-state index contributed by atoms with van der Waals surface area (Å²) in [6.45, 7) is 0.824. The summed E-state index contributed by atoms with van der Waals surface area (Å²) in [7, 11) is 0. The summed E-state index contributed by atoms with van der Waals surface area (Å²) in [6, 6.07) is 8.88. The van der Waals surface area contributed by atoms with Gasteiger partial charge in [-0.25, -0.2) is 0 Å². The highest BCUT2D eigenvalue weighted by molar-refractivity contribution is 5.80. The van der Waals surface area contributed by atoms with E-state index in [1.54, 1.807) is 17.0 Å². The number of hydrogen-bond donors (Lipinski definition) is 3. The molecule has 3 N–H and O–H groups in total. The lowest BCUT2D eigenvalue weighted by atomic mass is 9.99. The number of amides is 1. The van der Waals surface area contributed by atoms with Crippen molar-refractivity contribution in [2.45, 2.75) is 19.4 Å². The molecule has 3 rings (SSSR count). The van der Waals surface area contributed by atoms with Crippen LogP contribution in [0.25, 0.3) is 11.1 Å². The molecule has 0 aromatic heterocycles. The zero-order valence-corrected chi connectivity index (χ0v) is 12.8. The summed E-state index contributed by atoms with van der Waals surface area (Å²) in [4.78, 5) is 13.4. The van der Waals surface area contributed by atoms with E-state index >= 15 is 0 Å². The zero-order chi connectivity index (χ0) is 17.3. The summed E-state index contributed by atoms with van der Waals surface area (Å²) in [6.07, 6.45) is 1.27. The molecule has 0 unspecified atom stereocenters.